The molecule has 0 bridgehead atoms. The van der Waals surface area contributed by atoms with Crippen LogP contribution in [-0.4, -0.2) is 37.0 Å². The Hall–Kier alpha value is -2.66. The van der Waals surface area contributed by atoms with Gasteiger partial charge in [-0.1, -0.05) is 30.3 Å². The van der Waals surface area contributed by atoms with Gasteiger partial charge >= 0.3 is 5.97 Å². The Bertz CT molecular complexity index is 728. The maximum absolute atomic E-state index is 12.4. The summed E-state index contributed by atoms with van der Waals surface area (Å²) >= 11 is 0. The molecule has 2 aromatic carbocycles. The largest absolute Gasteiger partial charge is 0.465 e. The van der Waals surface area contributed by atoms with Gasteiger partial charge < -0.3 is 10.1 Å². The van der Waals surface area contributed by atoms with Gasteiger partial charge in [-0.25, -0.2) is 4.79 Å². The van der Waals surface area contributed by atoms with E-state index in [2.05, 4.69) is 27.1 Å². The number of hydrogen-bond acceptors (Lipinski definition) is 4. The molecule has 1 amide bonds. The number of carbonyl (C=O) groups excluding carboxylic acids is 2. The summed E-state index contributed by atoms with van der Waals surface area (Å²) in [6.07, 6.45) is 2.17. The molecule has 5 heteroatoms. The van der Waals surface area contributed by atoms with Crippen molar-refractivity contribution in [2.24, 2.45) is 0 Å². The smallest absolute Gasteiger partial charge is 0.337 e. The lowest BCUT2D eigenvalue weighted by molar-refractivity contribution is -0.117. The van der Waals surface area contributed by atoms with Crippen molar-refractivity contribution in [3.05, 3.63) is 65.7 Å². The van der Waals surface area contributed by atoms with Crippen LogP contribution in [0.5, 0.6) is 0 Å². The fourth-order valence-electron chi connectivity index (χ4n) is 3.26. The number of benzene rings is 2. The highest BCUT2D eigenvalue weighted by Gasteiger charge is 2.27. The zero-order chi connectivity index (χ0) is 17.6. The lowest BCUT2D eigenvalue weighted by Crippen LogP contribution is -2.32. The highest BCUT2D eigenvalue weighted by Crippen LogP contribution is 2.31. The highest BCUT2D eigenvalue weighted by molar-refractivity contribution is 5.94. The molecular weight excluding hydrogens is 316 g/mol. The molecule has 1 atom stereocenters. The molecule has 1 aliphatic rings. The number of esters is 1. The quantitative estimate of drug-likeness (QED) is 0.850. The molecule has 25 heavy (non-hydrogen) atoms. The fraction of sp³-hybridized carbons (Fsp3) is 0.300. The van der Waals surface area contributed by atoms with Crippen molar-refractivity contribution in [1.29, 1.82) is 0 Å². The van der Waals surface area contributed by atoms with E-state index < -0.39 is 0 Å². The van der Waals surface area contributed by atoms with Crippen molar-refractivity contribution in [2.45, 2.75) is 18.9 Å². The van der Waals surface area contributed by atoms with Crippen LogP contribution >= 0.6 is 0 Å². The third kappa shape index (κ3) is 4.25. The first-order valence-corrected chi connectivity index (χ1v) is 8.44. The summed E-state index contributed by atoms with van der Waals surface area (Å²) in [4.78, 5) is 26.0. The molecule has 0 saturated carbocycles. The summed E-state index contributed by atoms with van der Waals surface area (Å²) in [7, 11) is 1.34. The number of methoxy groups -OCH3 is 1. The second-order valence-electron chi connectivity index (χ2n) is 6.16. The number of hydrogen-bond donors (Lipinski definition) is 1. The molecule has 1 heterocycles. The van der Waals surface area contributed by atoms with E-state index >= 15 is 0 Å². The number of likely N-dealkylation sites (tertiary alicyclic amines) is 1. The first-order valence-electron chi connectivity index (χ1n) is 8.44. The number of nitrogens with one attached hydrogen (secondary N) is 1. The second-order valence-corrected chi connectivity index (χ2v) is 6.16. The molecule has 0 radical (unpaired) electrons. The van der Waals surface area contributed by atoms with Crippen molar-refractivity contribution in [2.75, 3.05) is 25.5 Å². The van der Waals surface area contributed by atoms with Crippen molar-refractivity contribution >= 4 is 17.6 Å². The molecule has 1 aliphatic heterocycles. The van der Waals surface area contributed by atoms with Gasteiger partial charge in [0.05, 0.1) is 19.2 Å². The third-order valence-corrected chi connectivity index (χ3v) is 4.48. The number of nitrogens with zero attached hydrogens (tertiary/aromatic N) is 1. The number of ether oxygens (including phenoxy) is 1. The van der Waals surface area contributed by atoms with Gasteiger partial charge in [-0.05, 0) is 49.2 Å². The van der Waals surface area contributed by atoms with Gasteiger partial charge in [0.25, 0.3) is 0 Å². The summed E-state index contributed by atoms with van der Waals surface area (Å²) in [5.74, 6) is -0.436. The molecular formula is C20H22N2O3. The van der Waals surface area contributed by atoms with E-state index in [1.54, 1.807) is 24.3 Å². The highest BCUT2D eigenvalue weighted by atomic mass is 16.5. The molecule has 1 N–H and O–H groups in total. The number of amides is 1. The number of anilines is 1. The second kappa shape index (κ2) is 7.94. The average molecular weight is 338 g/mol. The van der Waals surface area contributed by atoms with E-state index in [-0.39, 0.29) is 11.9 Å². The van der Waals surface area contributed by atoms with Crippen LogP contribution < -0.4 is 5.32 Å². The summed E-state index contributed by atoms with van der Waals surface area (Å²) in [6.45, 7) is 1.28. The van der Waals surface area contributed by atoms with E-state index in [9.17, 15) is 9.59 Å². The van der Waals surface area contributed by atoms with Gasteiger partial charge in [-0.2, -0.15) is 0 Å². The SMILES string of the molecule is COC(=O)c1ccc(NC(=O)CN2CCC[C@H]2c2ccccc2)cc1. The van der Waals surface area contributed by atoms with E-state index in [1.165, 1.54) is 12.7 Å². The van der Waals surface area contributed by atoms with E-state index in [1.807, 2.05) is 18.2 Å². The van der Waals surface area contributed by atoms with Crippen LogP contribution in [0.2, 0.25) is 0 Å². The monoisotopic (exact) mass is 338 g/mol. The third-order valence-electron chi connectivity index (χ3n) is 4.48. The van der Waals surface area contributed by atoms with Gasteiger partial charge in [-0.3, -0.25) is 9.69 Å². The zero-order valence-electron chi connectivity index (χ0n) is 14.3. The Morgan fingerprint density at radius 1 is 1.12 bits per heavy atom. The average Bonchev–Trinajstić information content (AvgIpc) is 3.10. The van der Waals surface area contributed by atoms with Crippen LogP contribution in [0.25, 0.3) is 0 Å². The van der Waals surface area contributed by atoms with Crippen LogP contribution in [0.1, 0.15) is 34.8 Å². The zero-order valence-corrected chi connectivity index (χ0v) is 14.3. The maximum atomic E-state index is 12.4. The molecule has 1 fully saturated rings. The maximum Gasteiger partial charge on any atom is 0.337 e. The van der Waals surface area contributed by atoms with Crippen molar-refractivity contribution < 1.29 is 14.3 Å². The summed E-state index contributed by atoms with van der Waals surface area (Å²) in [6, 6.07) is 17.3. The molecule has 0 unspecified atom stereocenters. The van der Waals surface area contributed by atoms with E-state index in [4.69, 9.17) is 0 Å². The van der Waals surface area contributed by atoms with Gasteiger partial charge in [-0.15, -0.1) is 0 Å². The minimum atomic E-state index is -0.388. The van der Waals surface area contributed by atoms with Gasteiger partial charge in [0.2, 0.25) is 5.91 Å². The topological polar surface area (TPSA) is 58.6 Å². The lowest BCUT2D eigenvalue weighted by atomic mass is 10.0. The predicted octanol–water partition coefficient (Wildman–Crippen LogP) is 3.25. The Kier molecular flexibility index (Phi) is 5.46. The Labute approximate surface area is 147 Å². The van der Waals surface area contributed by atoms with Crippen LogP contribution in [0, 0.1) is 0 Å². The molecule has 3 rings (SSSR count). The Morgan fingerprint density at radius 3 is 2.52 bits per heavy atom. The summed E-state index contributed by atoms with van der Waals surface area (Å²) < 4.78 is 4.67. The first kappa shape index (κ1) is 17.2. The Morgan fingerprint density at radius 2 is 1.84 bits per heavy atom. The summed E-state index contributed by atoms with van der Waals surface area (Å²) in [5, 5.41) is 2.89. The van der Waals surface area contributed by atoms with E-state index in [0.717, 1.165) is 19.4 Å². The molecule has 1 saturated heterocycles. The van der Waals surface area contributed by atoms with Crippen molar-refractivity contribution in [3.63, 3.8) is 0 Å². The van der Waals surface area contributed by atoms with E-state index in [0.29, 0.717) is 23.8 Å². The fourth-order valence-corrected chi connectivity index (χ4v) is 3.26. The minimum Gasteiger partial charge on any atom is -0.465 e. The van der Waals surface area contributed by atoms with Crippen molar-refractivity contribution in [1.82, 2.24) is 4.90 Å². The Balaban J connectivity index is 1.59. The number of rotatable bonds is 5. The standard InChI is InChI=1S/C20H22N2O3/c1-25-20(24)16-9-11-17(12-10-16)21-19(23)14-22-13-5-8-18(22)15-6-3-2-4-7-15/h2-4,6-7,9-12,18H,5,8,13-14H2,1H3,(H,21,23)/t18-/m0/s1. The predicted molar refractivity (Wildman–Crippen MR) is 96.4 cm³/mol. The molecule has 2 aromatic rings. The molecule has 0 spiro atoms. The normalized spacial score (nSPS) is 17.2. The van der Waals surface area contributed by atoms with Gasteiger partial charge in [0, 0.05) is 11.7 Å². The van der Waals surface area contributed by atoms with Gasteiger partial charge in [0.15, 0.2) is 0 Å². The minimum absolute atomic E-state index is 0.0475. The molecule has 0 aliphatic carbocycles. The van der Waals surface area contributed by atoms with Crippen LogP contribution in [0.4, 0.5) is 5.69 Å². The molecule has 0 aromatic heterocycles. The molecule has 130 valence electrons. The number of carbonyl (C=O) groups is 2. The van der Waals surface area contributed by atoms with Crippen molar-refractivity contribution in [3.8, 4) is 0 Å². The van der Waals surface area contributed by atoms with Crippen LogP contribution in [-0.2, 0) is 9.53 Å². The van der Waals surface area contributed by atoms with Crippen LogP contribution in [0.15, 0.2) is 54.6 Å². The van der Waals surface area contributed by atoms with Crippen LogP contribution in [0.3, 0.4) is 0 Å². The lowest BCUT2D eigenvalue weighted by Gasteiger charge is -2.24. The summed E-state index contributed by atoms with van der Waals surface area (Å²) in [5.41, 5.74) is 2.40. The first-order chi connectivity index (χ1) is 12.2. The van der Waals surface area contributed by atoms with Gasteiger partial charge in [0.1, 0.15) is 0 Å². The molecule has 5 nitrogen and oxygen atoms in total.